The number of aliphatic hydroxyl groups excluding tert-OH is 1. The molecular formula is C18H28N4O2. The summed E-state index contributed by atoms with van der Waals surface area (Å²) in [5.41, 5.74) is 3.49. The van der Waals surface area contributed by atoms with Gasteiger partial charge >= 0.3 is 0 Å². The van der Waals surface area contributed by atoms with Crippen LogP contribution >= 0.6 is 0 Å². The van der Waals surface area contributed by atoms with Crippen LogP contribution in [0.25, 0.3) is 0 Å². The average molecular weight is 332 g/mol. The molecule has 0 aliphatic carbocycles. The molecular weight excluding hydrogens is 304 g/mol. The number of hydrogen-bond donors (Lipinski definition) is 1. The maximum absolute atomic E-state index is 12.6. The Morgan fingerprint density at radius 2 is 1.92 bits per heavy atom. The predicted octanol–water partition coefficient (Wildman–Crippen LogP) is 0.139. The van der Waals surface area contributed by atoms with E-state index in [-0.39, 0.29) is 12.5 Å². The zero-order chi connectivity index (χ0) is 16.9. The van der Waals surface area contributed by atoms with Crippen LogP contribution in [0.15, 0.2) is 12.1 Å². The molecule has 0 bridgehead atoms. The molecule has 24 heavy (non-hydrogen) atoms. The Morgan fingerprint density at radius 1 is 1.17 bits per heavy atom. The quantitative estimate of drug-likeness (QED) is 0.831. The number of rotatable bonds is 5. The van der Waals surface area contributed by atoms with Gasteiger partial charge in [-0.15, -0.1) is 0 Å². The summed E-state index contributed by atoms with van der Waals surface area (Å²) in [7, 11) is 0. The summed E-state index contributed by atoms with van der Waals surface area (Å²) >= 11 is 0. The predicted molar refractivity (Wildman–Crippen MR) is 92.7 cm³/mol. The van der Waals surface area contributed by atoms with Crippen molar-refractivity contribution in [2.24, 2.45) is 0 Å². The molecule has 2 aliphatic rings. The molecule has 0 saturated carbocycles. The first-order valence-electron chi connectivity index (χ1n) is 9.00. The number of aryl methyl sites for hydroxylation is 1. The minimum absolute atomic E-state index is 0.208. The van der Waals surface area contributed by atoms with Gasteiger partial charge in [0.05, 0.1) is 13.2 Å². The molecule has 6 nitrogen and oxygen atoms in total. The second-order valence-electron chi connectivity index (χ2n) is 6.67. The number of amides is 1. The Morgan fingerprint density at radius 3 is 2.62 bits per heavy atom. The van der Waals surface area contributed by atoms with Gasteiger partial charge in [-0.1, -0.05) is 13.0 Å². The Balaban J connectivity index is 1.51. The normalized spacial score (nSPS) is 19.3. The van der Waals surface area contributed by atoms with E-state index < -0.39 is 0 Å². The SMILES string of the molecule is CCc1ccc2c(n1)CCN(C(=O)CN1CCN(CCO)CC1)C2. The van der Waals surface area contributed by atoms with Crippen molar-refractivity contribution >= 4 is 5.91 Å². The van der Waals surface area contributed by atoms with E-state index >= 15 is 0 Å². The van der Waals surface area contributed by atoms with E-state index in [0.29, 0.717) is 13.1 Å². The summed E-state index contributed by atoms with van der Waals surface area (Å²) in [5.74, 6) is 0.218. The number of carbonyl (C=O) groups is 1. The maximum atomic E-state index is 12.6. The van der Waals surface area contributed by atoms with E-state index in [9.17, 15) is 4.79 Å². The number of aliphatic hydroxyl groups is 1. The molecule has 1 aromatic rings. The van der Waals surface area contributed by atoms with Crippen LogP contribution in [0.3, 0.4) is 0 Å². The van der Waals surface area contributed by atoms with Crippen LogP contribution in [0.5, 0.6) is 0 Å². The molecule has 3 heterocycles. The number of β-amino-alcohol motifs (C(OH)–C–C–N with tert-alkyl or cyclic N) is 1. The molecule has 6 heteroatoms. The van der Waals surface area contributed by atoms with E-state index in [1.54, 1.807) is 0 Å². The van der Waals surface area contributed by atoms with Crippen LogP contribution in [0, 0.1) is 0 Å². The van der Waals surface area contributed by atoms with Crippen molar-refractivity contribution in [3.63, 3.8) is 0 Å². The highest BCUT2D eigenvalue weighted by Gasteiger charge is 2.25. The first-order chi connectivity index (χ1) is 11.7. The standard InChI is InChI=1S/C18H28N4O2/c1-2-16-4-3-15-13-22(6-5-17(15)19-16)18(24)14-21-9-7-20(8-10-21)11-12-23/h3-4,23H,2,5-14H2,1H3. The van der Waals surface area contributed by atoms with Gasteiger partial charge in [0.1, 0.15) is 0 Å². The smallest absolute Gasteiger partial charge is 0.237 e. The molecule has 1 amide bonds. The third kappa shape index (κ3) is 4.12. The topological polar surface area (TPSA) is 59.9 Å². The largest absolute Gasteiger partial charge is 0.395 e. The Kier molecular flexibility index (Phi) is 5.81. The average Bonchev–Trinajstić information content (AvgIpc) is 2.62. The van der Waals surface area contributed by atoms with Crippen molar-refractivity contribution in [1.29, 1.82) is 0 Å². The lowest BCUT2D eigenvalue weighted by Gasteiger charge is -2.36. The number of hydrogen-bond acceptors (Lipinski definition) is 5. The highest BCUT2D eigenvalue weighted by Crippen LogP contribution is 2.18. The second-order valence-corrected chi connectivity index (χ2v) is 6.67. The van der Waals surface area contributed by atoms with E-state index in [1.807, 2.05) is 4.90 Å². The van der Waals surface area contributed by atoms with E-state index in [4.69, 9.17) is 10.1 Å². The van der Waals surface area contributed by atoms with Gasteiger partial charge in [0, 0.05) is 63.6 Å². The number of aromatic nitrogens is 1. The van der Waals surface area contributed by atoms with Gasteiger partial charge in [-0.3, -0.25) is 19.6 Å². The summed E-state index contributed by atoms with van der Waals surface area (Å²) in [6.45, 7) is 8.69. The molecule has 2 aliphatic heterocycles. The van der Waals surface area contributed by atoms with E-state index in [2.05, 4.69) is 28.9 Å². The number of nitrogens with zero attached hydrogens (tertiary/aromatic N) is 4. The van der Waals surface area contributed by atoms with E-state index in [0.717, 1.165) is 63.5 Å². The highest BCUT2D eigenvalue weighted by molar-refractivity contribution is 5.78. The number of pyridine rings is 1. The fourth-order valence-corrected chi connectivity index (χ4v) is 3.47. The molecule has 0 unspecified atom stereocenters. The summed E-state index contributed by atoms with van der Waals surface area (Å²) in [5, 5.41) is 8.99. The lowest BCUT2D eigenvalue weighted by Crippen LogP contribution is -2.51. The van der Waals surface area contributed by atoms with Crippen molar-refractivity contribution < 1.29 is 9.90 Å². The lowest BCUT2D eigenvalue weighted by molar-refractivity contribution is -0.133. The molecule has 0 atom stereocenters. The summed E-state index contributed by atoms with van der Waals surface area (Å²) < 4.78 is 0. The molecule has 1 aromatic heterocycles. The van der Waals surface area contributed by atoms with Gasteiger partial charge in [-0.05, 0) is 18.1 Å². The Labute approximate surface area is 144 Å². The summed E-state index contributed by atoms with van der Waals surface area (Å²) in [4.78, 5) is 23.7. The van der Waals surface area contributed by atoms with Gasteiger partial charge in [-0.2, -0.15) is 0 Å². The lowest BCUT2D eigenvalue weighted by atomic mass is 10.0. The van der Waals surface area contributed by atoms with Crippen LogP contribution in [0.4, 0.5) is 0 Å². The highest BCUT2D eigenvalue weighted by atomic mass is 16.3. The zero-order valence-corrected chi connectivity index (χ0v) is 14.6. The number of piperazine rings is 1. The third-order valence-electron chi connectivity index (χ3n) is 5.06. The first-order valence-corrected chi connectivity index (χ1v) is 9.00. The Bertz CT molecular complexity index is 570. The van der Waals surface area contributed by atoms with Gasteiger partial charge in [0.25, 0.3) is 0 Å². The van der Waals surface area contributed by atoms with Crippen LogP contribution < -0.4 is 0 Å². The molecule has 0 spiro atoms. The van der Waals surface area contributed by atoms with Crippen molar-refractivity contribution in [1.82, 2.24) is 19.7 Å². The van der Waals surface area contributed by atoms with Gasteiger partial charge in [-0.25, -0.2) is 0 Å². The van der Waals surface area contributed by atoms with Crippen LogP contribution in [0.1, 0.15) is 23.9 Å². The molecule has 0 aromatic carbocycles. The molecule has 0 radical (unpaired) electrons. The van der Waals surface area contributed by atoms with E-state index in [1.165, 1.54) is 5.56 Å². The summed E-state index contributed by atoms with van der Waals surface area (Å²) in [6.07, 6.45) is 1.82. The Hall–Kier alpha value is -1.50. The van der Waals surface area contributed by atoms with Crippen molar-refractivity contribution in [2.45, 2.75) is 26.3 Å². The minimum atomic E-state index is 0.208. The van der Waals surface area contributed by atoms with Crippen molar-refractivity contribution in [3.8, 4) is 0 Å². The zero-order valence-electron chi connectivity index (χ0n) is 14.6. The van der Waals surface area contributed by atoms with Crippen LogP contribution in [0.2, 0.25) is 0 Å². The van der Waals surface area contributed by atoms with Crippen LogP contribution in [-0.2, 0) is 24.2 Å². The van der Waals surface area contributed by atoms with Crippen molar-refractivity contribution in [2.75, 3.05) is 52.4 Å². The van der Waals surface area contributed by atoms with Gasteiger partial charge in [0.2, 0.25) is 5.91 Å². The molecule has 1 saturated heterocycles. The number of carbonyl (C=O) groups excluding carboxylic acids is 1. The minimum Gasteiger partial charge on any atom is -0.395 e. The molecule has 1 N–H and O–H groups in total. The first kappa shape index (κ1) is 17.3. The monoisotopic (exact) mass is 332 g/mol. The maximum Gasteiger partial charge on any atom is 0.237 e. The number of fused-ring (bicyclic) bond motifs is 1. The van der Waals surface area contributed by atoms with Crippen LogP contribution in [-0.4, -0.2) is 83.1 Å². The third-order valence-corrected chi connectivity index (χ3v) is 5.06. The molecule has 3 rings (SSSR count). The summed E-state index contributed by atoms with van der Waals surface area (Å²) in [6, 6.07) is 4.21. The second kappa shape index (κ2) is 8.05. The van der Waals surface area contributed by atoms with Crippen molar-refractivity contribution in [3.05, 3.63) is 29.1 Å². The molecule has 1 fully saturated rings. The van der Waals surface area contributed by atoms with Gasteiger partial charge < -0.3 is 10.0 Å². The fourth-order valence-electron chi connectivity index (χ4n) is 3.47. The fraction of sp³-hybridized carbons (Fsp3) is 0.667. The van der Waals surface area contributed by atoms with Gasteiger partial charge in [0.15, 0.2) is 0 Å². The molecule has 132 valence electrons.